The fourth-order valence-electron chi connectivity index (χ4n) is 3.64. The molecule has 0 saturated carbocycles. The molecule has 0 unspecified atom stereocenters. The van der Waals surface area contributed by atoms with Crippen LogP contribution in [0.5, 0.6) is 5.75 Å². The molecule has 4 rings (SSSR count). The summed E-state index contributed by atoms with van der Waals surface area (Å²) in [6.07, 6.45) is 0.508. The lowest BCUT2D eigenvalue weighted by molar-refractivity contribution is 0.111. The van der Waals surface area contributed by atoms with Gasteiger partial charge in [-0.3, -0.25) is 0 Å². The van der Waals surface area contributed by atoms with Crippen LogP contribution in [0.4, 0.5) is 5.69 Å². The Labute approximate surface area is 148 Å². The molecule has 0 spiro atoms. The van der Waals surface area contributed by atoms with Gasteiger partial charge in [0.15, 0.2) is 0 Å². The molecule has 3 heteroatoms. The molecule has 3 aromatic carbocycles. The Balaban J connectivity index is 1.39. The SMILES string of the molecule is C[C@H]1Cc2ccccc2N1C[C@H](O)COc1ccc2ccccc2c1. The Hall–Kier alpha value is -2.52. The molecule has 0 fully saturated rings. The number of aliphatic hydroxyl groups is 1. The predicted octanol–water partition coefficient (Wildman–Crippen LogP) is 4.03. The van der Waals surface area contributed by atoms with E-state index in [0.29, 0.717) is 19.2 Å². The summed E-state index contributed by atoms with van der Waals surface area (Å²) in [5.41, 5.74) is 2.59. The second-order valence-corrected chi connectivity index (χ2v) is 6.81. The molecule has 0 bridgehead atoms. The van der Waals surface area contributed by atoms with E-state index in [2.05, 4.69) is 54.3 Å². The highest BCUT2D eigenvalue weighted by Gasteiger charge is 2.27. The van der Waals surface area contributed by atoms with E-state index in [9.17, 15) is 5.11 Å². The summed E-state index contributed by atoms with van der Waals surface area (Å²) in [5.74, 6) is 0.799. The molecule has 25 heavy (non-hydrogen) atoms. The van der Waals surface area contributed by atoms with Crippen molar-refractivity contribution in [3.63, 3.8) is 0 Å². The minimum atomic E-state index is -0.528. The van der Waals surface area contributed by atoms with Crippen molar-refractivity contribution in [2.75, 3.05) is 18.1 Å². The molecular formula is C22H23NO2. The van der Waals surface area contributed by atoms with Gasteiger partial charge in [-0.25, -0.2) is 0 Å². The van der Waals surface area contributed by atoms with Gasteiger partial charge in [0, 0.05) is 18.3 Å². The number of β-amino-alcohol motifs (C(OH)–C–C–N with tert-alkyl or cyclic N) is 1. The maximum atomic E-state index is 10.5. The van der Waals surface area contributed by atoms with Gasteiger partial charge in [-0.1, -0.05) is 48.5 Å². The number of hydrogen-bond donors (Lipinski definition) is 1. The molecule has 3 aromatic rings. The van der Waals surface area contributed by atoms with Crippen molar-refractivity contribution in [2.24, 2.45) is 0 Å². The first-order chi connectivity index (χ1) is 12.2. The number of aliphatic hydroxyl groups excluding tert-OH is 1. The van der Waals surface area contributed by atoms with Crippen molar-refractivity contribution < 1.29 is 9.84 Å². The van der Waals surface area contributed by atoms with Gasteiger partial charge in [-0.2, -0.15) is 0 Å². The van der Waals surface area contributed by atoms with Gasteiger partial charge >= 0.3 is 0 Å². The van der Waals surface area contributed by atoms with Gasteiger partial charge in [0.05, 0.1) is 0 Å². The molecule has 3 nitrogen and oxygen atoms in total. The lowest BCUT2D eigenvalue weighted by Crippen LogP contribution is -2.39. The zero-order chi connectivity index (χ0) is 17.2. The van der Waals surface area contributed by atoms with Gasteiger partial charge in [-0.15, -0.1) is 0 Å². The minimum absolute atomic E-state index is 0.295. The Morgan fingerprint density at radius 2 is 1.80 bits per heavy atom. The molecule has 0 aromatic heterocycles. The first-order valence-corrected chi connectivity index (χ1v) is 8.85. The van der Waals surface area contributed by atoms with Gasteiger partial charge in [0.1, 0.15) is 18.5 Å². The summed E-state index contributed by atoms with van der Waals surface area (Å²) >= 11 is 0. The van der Waals surface area contributed by atoms with E-state index in [1.165, 1.54) is 16.6 Å². The first kappa shape index (κ1) is 16.0. The molecule has 1 heterocycles. The van der Waals surface area contributed by atoms with Crippen molar-refractivity contribution in [3.05, 3.63) is 72.3 Å². The molecule has 0 aliphatic carbocycles. The van der Waals surface area contributed by atoms with Gasteiger partial charge in [0.25, 0.3) is 0 Å². The number of nitrogens with zero attached hydrogens (tertiary/aromatic N) is 1. The van der Waals surface area contributed by atoms with Crippen molar-refractivity contribution in [1.82, 2.24) is 0 Å². The normalized spacial score (nSPS) is 17.5. The summed E-state index contributed by atoms with van der Waals surface area (Å²) in [5, 5.41) is 12.8. The van der Waals surface area contributed by atoms with E-state index in [1.807, 2.05) is 24.3 Å². The van der Waals surface area contributed by atoms with Gasteiger partial charge in [0.2, 0.25) is 0 Å². The molecule has 0 radical (unpaired) electrons. The number of benzene rings is 3. The summed E-state index contributed by atoms with van der Waals surface area (Å²) in [6, 6.07) is 23.1. The highest BCUT2D eigenvalue weighted by atomic mass is 16.5. The zero-order valence-corrected chi connectivity index (χ0v) is 14.4. The lowest BCUT2D eigenvalue weighted by atomic mass is 10.1. The summed E-state index contributed by atoms with van der Waals surface area (Å²) in [7, 11) is 0. The average molecular weight is 333 g/mol. The third-order valence-electron chi connectivity index (χ3n) is 4.92. The second kappa shape index (κ2) is 6.77. The fourth-order valence-corrected chi connectivity index (χ4v) is 3.64. The highest BCUT2D eigenvalue weighted by Crippen LogP contribution is 2.31. The van der Waals surface area contributed by atoms with E-state index in [0.717, 1.165) is 17.6 Å². The number of ether oxygens (including phenoxy) is 1. The van der Waals surface area contributed by atoms with Crippen LogP contribution in [0.25, 0.3) is 10.8 Å². The van der Waals surface area contributed by atoms with E-state index in [-0.39, 0.29) is 0 Å². The standard InChI is InChI=1S/C22H23NO2/c1-16-12-19-8-4-5-9-22(19)23(16)14-20(24)15-25-21-11-10-17-6-2-3-7-18(17)13-21/h2-11,13,16,20,24H,12,14-15H2,1H3/t16-,20-/m0/s1. The quantitative estimate of drug-likeness (QED) is 0.765. The Kier molecular flexibility index (Phi) is 4.33. The van der Waals surface area contributed by atoms with Gasteiger partial charge in [-0.05, 0) is 47.9 Å². The van der Waals surface area contributed by atoms with Crippen molar-refractivity contribution in [1.29, 1.82) is 0 Å². The van der Waals surface area contributed by atoms with Crippen LogP contribution in [-0.2, 0) is 6.42 Å². The number of anilines is 1. The molecule has 0 amide bonds. The number of rotatable bonds is 5. The predicted molar refractivity (Wildman–Crippen MR) is 102 cm³/mol. The summed E-state index contributed by atoms with van der Waals surface area (Å²) in [6.45, 7) is 3.09. The number of hydrogen-bond acceptors (Lipinski definition) is 3. The van der Waals surface area contributed by atoms with Crippen LogP contribution >= 0.6 is 0 Å². The molecule has 0 saturated heterocycles. The topological polar surface area (TPSA) is 32.7 Å². The lowest BCUT2D eigenvalue weighted by Gasteiger charge is -2.27. The Bertz CT molecular complexity index is 877. The highest BCUT2D eigenvalue weighted by molar-refractivity contribution is 5.83. The average Bonchev–Trinajstić information content (AvgIpc) is 2.95. The zero-order valence-electron chi connectivity index (χ0n) is 14.4. The van der Waals surface area contributed by atoms with Crippen LogP contribution in [-0.4, -0.2) is 30.4 Å². The van der Waals surface area contributed by atoms with Crippen molar-refractivity contribution in [2.45, 2.75) is 25.5 Å². The van der Waals surface area contributed by atoms with Crippen LogP contribution in [0.15, 0.2) is 66.7 Å². The molecule has 1 N–H and O–H groups in total. The molecule has 128 valence electrons. The molecule has 1 aliphatic heterocycles. The summed E-state index contributed by atoms with van der Waals surface area (Å²) < 4.78 is 5.83. The first-order valence-electron chi connectivity index (χ1n) is 8.85. The van der Waals surface area contributed by atoms with E-state index >= 15 is 0 Å². The van der Waals surface area contributed by atoms with E-state index in [1.54, 1.807) is 0 Å². The Morgan fingerprint density at radius 1 is 1.04 bits per heavy atom. The Morgan fingerprint density at radius 3 is 2.68 bits per heavy atom. The largest absolute Gasteiger partial charge is 0.491 e. The van der Waals surface area contributed by atoms with Crippen molar-refractivity contribution in [3.8, 4) is 5.75 Å². The third kappa shape index (κ3) is 3.33. The van der Waals surface area contributed by atoms with Crippen molar-refractivity contribution >= 4 is 16.5 Å². The number of para-hydroxylation sites is 1. The second-order valence-electron chi connectivity index (χ2n) is 6.81. The van der Waals surface area contributed by atoms with Crippen LogP contribution in [0.3, 0.4) is 0 Å². The summed E-state index contributed by atoms with van der Waals surface area (Å²) in [4.78, 5) is 2.28. The monoisotopic (exact) mass is 333 g/mol. The number of fused-ring (bicyclic) bond motifs is 2. The fraction of sp³-hybridized carbons (Fsp3) is 0.273. The van der Waals surface area contributed by atoms with Crippen LogP contribution < -0.4 is 9.64 Å². The molecule has 2 atom stereocenters. The third-order valence-corrected chi connectivity index (χ3v) is 4.92. The maximum absolute atomic E-state index is 10.5. The molecular weight excluding hydrogens is 310 g/mol. The van der Waals surface area contributed by atoms with E-state index < -0.39 is 6.10 Å². The minimum Gasteiger partial charge on any atom is -0.491 e. The van der Waals surface area contributed by atoms with Crippen LogP contribution in [0.1, 0.15) is 12.5 Å². The van der Waals surface area contributed by atoms with Crippen LogP contribution in [0.2, 0.25) is 0 Å². The molecule has 1 aliphatic rings. The van der Waals surface area contributed by atoms with Crippen LogP contribution in [0, 0.1) is 0 Å². The maximum Gasteiger partial charge on any atom is 0.120 e. The smallest absolute Gasteiger partial charge is 0.120 e. The van der Waals surface area contributed by atoms with E-state index in [4.69, 9.17) is 4.74 Å². The van der Waals surface area contributed by atoms with Gasteiger partial charge < -0.3 is 14.7 Å².